The van der Waals surface area contributed by atoms with Crippen LogP contribution in [0.1, 0.15) is 39.2 Å². The van der Waals surface area contributed by atoms with E-state index in [0.717, 1.165) is 10.5 Å². The molecular weight excluding hydrogens is 375 g/mol. The third kappa shape index (κ3) is 3.20. The van der Waals surface area contributed by atoms with Crippen molar-refractivity contribution in [1.29, 1.82) is 0 Å². The molecule has 0 radical (unpaired) electrons. The Hall–Kier alpha value is -2.37. The van der Waals surface area contributed by atoms with E-state index in [9.17, 15) is 14.4 Å². The third-order valence-corrected chi connectivity index (χ3v) is 5.12. The van der Waals surface area contributed by atoms with E-state index in [-0.39, 0.29) is 18.5 Å². The summed E-state index contributed by atoms with van der Waals surface area (Å²) >= 11 is 12.1. The molecule has 0 aliphatic carbocycles. The van der Waals surface area contributed by atoms with Crippen LogP contribution < -0.4 is 0 Å². The number of amides is 3. The van der Waals surface area contributed by atoms with Crippen LogP contribution in [0.4, 0.5) is 0 Å². The largest absolute Gasteiger partial charge is 0.337 e. The molecule has 1 unspecified atom stereocenters. The average molecular weight is 391 g/mol. The van der Waals surface area contributed by atoms with Gasteiger partial charge in [0.15, 0.2) is 0 Å². The van der Waals surface area contributed by atoms with Gasteiger partial charge in [-0.05, 0) is 36.8 Å². The minimum absolute atomic E-state index is 0.321. The zero-order chi connectivity index (χ0) is 19.0. The first kappa shape index (κ1) is 18.4. The van der Waals surface area contributed by atoms with Crippen LogP contribution in [0.25, 0.3) is 0 Å². The van der Waals surface area contributed by atoms with E-state index in [0.29, 0.717) is 21.2 Å². The summed E-state index contributed by atoms with van der Waals surface area (Å²) in [5.41, 5.74) is 1.37. The quantitative estimate of drug-likeness (QED) is 0.745. The second-order valence-electron chi connectivity index (χ2n) is 6.09. The predicted molar refractivity (Wildman–Crippen MR) is 99.5 cm³/mol. The summed E-state index contributed by atoms with van der Waals surface area (Å²) in [7, 11) is 1.61. The topological polar surface area (TPSA) is 57.7 Å². The van der Waals surface area contributed by atoms with Gasteiger partial charge in [0.1, 0.15) is 6.54 Å². The summed E-state index contributed by atoms with van der Waals surface area (Å²) in [4.78, 5) is 39.9. The van der Waals surface area contributed by atoms with Gasteiger partial charge < -0.3 is 4.90 Å². The van der Waals surface area contributed by atoms with Crippen molar-refractivity contribution in [2.75, 3.05) is 13.6 Å². The summed E-state index contributed by atoms with van der Waals surface area (Å²) in [5.74, 6) is -1.27. The molecule has 7 heteroatoms. The van der Waals surface area contributed by atoms with Gasteiger partial charge in [0.05, 0.1) is 17.2 Å². The number of benzene rings is 2. The van der Waals surface area contributed by atoms with Crippen molar-refractivity contribution >= 4 is 40.9 Å². The minimum Gasteiger partial charge on any atom is -0.337 e. The van der Waals surface area contributed by atoms with Gasteiger partial charge in [-0.3, -0.25) is 19.3 Å². The van der Waals surface area contributed by atoms with Gasteiger partial charge in [-0.15, -0.1) is 0 Å². The molecule has 26 heavy (non-hydrogen) atoms. The van der Waals surface area contributed by atoms with Crippen LogP contribution in [0.3, 0.4) is 0 Å². The smallest absolute Gasteiger partial charge is 0.262 e. The number of rotatable bonds is 4. The fraction of sp³-hybridized carbons (Fsp3) is 0.211. The van der Waals surface area contributed by atoms with Crippen molar-refractivity contribution in [2.45, 2.75) is 13.0 Å². The zero-order valence-corrected chi connectivity index (χ0v) is 15.7. The lowest BCUT2D eigenvalue weighted by Crippen LogP contribution is -2.42. The van der Waals surface area contributed by atoms with Crippen LogP contribution in [-0.4, -0.2) is 41.1 Å². The molecule has 1 atom stereocenters. The number of hydrogen-bond acceptors (Lipinski definition) is 3. The van der Waals surface area contributed by atoms with Crippen molar-refractivity contribution in [2.24, 2.45) is 0 Å². The maximum Gasteiger partial charge on any atom is 0.262 e. The summed E-state index contributed by atoms with van der Waals surface area (Å²) in [5, 5.41) is 0.955. The molecule has 2 aromatic carbocycles. The third-order valence-electron chi connectivity index (χ3n) is 4.56. The number of halogens is 2. The second-order valence-corrected chi connectivity index (χ2v) is 6.93. The van der Waals surface area contributed by atoms with Gasteiger partial charge in [0.25, 0.3) is 11.8 Å². The Labute approximate surface area is 161 Å². The monoisotopic (exact) mass is 390 g/mol. The number of fused-ring (bicyclic) bond motifs is 1. The summed E-state index contributed by atoms with van der Waals surface area (Å²) in [6, 6.07) is 11.3. The van der Waals surface area contributed by atoms with Gasteiger partial charge in [-0.1, -0.05) is 41.4 Å². The average Bonchev–Trinajstić information content (AvgIpc) is 2.86. The first-order valence-electron chi connectivity index (χ1n) is 7.97. The molecular formula is C19H16Cl2N2O3. The second kappa shape index (κ2) is 7.09. The van der Waals surface area contributed by atoms with Gasteiger partial charge in [0, 0.05) is 17.1 Å². The van der Waals surface area contributed by atoms with Crippen LogP contribution in [0.2, 0.25) is 10.0 Å². The SMILES string of the molecule is CC(c1ccc(Cl)cc1Cl)N(C)C(=O)CN1C(=O)c2ccccc2C1=O. The molecule has 134 valence electrons. The Kier molecular flexibility index (Phi) is 5.03. The Morgan fingerprint density at radius 1 is 1.08 bits per heavy atom. The van der Waals surface area contributed by atoms with Crippen LogP contribution in [0.5, 0.6) is 0 Å². The van der Waals surface area contributed by atoms with Crippen LogP contribution in [-0.2, 0) is 4.79 Å². The number of likely N-dealkylation sites (N-methyl/N-ethyl adjacent to an activating group) is 1. The maximum atomic E-state index is 12.6. The molecule has 0 saturated carbocycles. The fourth-order valence-corrected chi connectivity index (χ4v) is 3.46. The maximum absolute atomic E-state index is 12.6. The molecule has 1 aliphatic rings. The van der Waals surface area contributed by atoms with E-state index >= 15 is 0 Å². The van der Waals surface area contributed by atoms with Crippen molar-refractivity contribution < 1.29 is 14.4 Å². The number of carbonyl (C=O) groups excluding carboxylic acids is 3. The van der Waals surface area contributed by atoms with E-state index in [2.05, 4.69) is 0 Å². The molecule has 5 nitrogen and oxygen atoms in total. The highest BCUT2D eigenvalue weighted by molar-refractivity contribution is 6.35. The first-order chi connectivity index (χ1) is 12.3. The predicted octanol–water partition coefficient (Wildman–Crippen LogP) is 3.81. The summed E-state index contributed by atoms with van der Waals surface area (Å²) < 4.78 is 0. The molecule has 2 aromatic rings. The Balaban J connectivity index is 1.76. The Bertz CT molecular complexity index is 878. The van der Waals surface area contributed by atoms with E-state index < -0.39 is 11.8 Å². The first-order valence-corrected chi connectivity index (χ1v) is 8.72. The van der Waals surface area contributed by atoms with Crippen LogP contribution in [0, 0.1) is 0 Å². The van der Waals surface area contributed by atoms with Crippen molar-refractivity contribution in [3.63, 3.8) is 0 Å². The van der Waals surface area contributed by atoms with Gasteiger partial charge in [-0.2, -0.15) is 0 Å². The lowest BCUT2D eigenvalue weighted by atomic mass is 10.1. The lowest BCUT2D eigenvalue weighted by molar-refractivity contribution is -0.132. The van der Waals surface area contributed by atoms with Gasteiger partial charge >= 0.3 is 0 Å². The number of imide groups is 1. The Morgan fingerprint density at radius 2 is 1.65 bits per heavy atom. The number of carbonyl (C=O) groups is 3. The molecule has 0 saturated heterocycles. The van der Waals surface area contributed by atoms with Crippen molar-refractivity contribution in [3.05, 3.63) is 69.2 Å². The van der Waals surface area contributed by atoms with Crippen LogP contribution in [0.15, 0.2) is 42.5 Å². The van der Waals surface area contributed by atoms with E-state index in [4.69, 9.17) is 23.2 Å². The number of nitrogens with zero attached hydrogens (tertiary/aromatic N) is 2. The fourth-order valence-electron chi connectivity index (χ4n) is 2.89. The zero-order valence-electron chi connectivity index (χ0n) is 14.2. The Morgan fingerprint density at radius 3 is 2.19 bits per heavy atom. The lowest BCUT2D eigenvalue weighted by Gasteiger charge is -2.27. The highest BCUT2D eigenvalue weighted by Gasteiger charge is 2.37. The summed E-state index contributed by atoms with van der Waals surface area (Å²) in [6.07, 6.45) is 0. The highest BCUT2D eigenvalue weighted by Crippen LogP contribution is 2.29. The molecule has 0 N–H and O–H groups in total. The van der Waals surface area contributed by atoms with E-state index in [1.54, 1.807) is 49.5 Å². The molecule has 3 rings (SSSR count). The molecule has 1 aliphatic heterocycles. The summed E-state index contributed by atoms with van der Waals surface area (Å²) in [6.45, 7) is 1.49. The molecule has 0 spiro atoms. The molecule has 3 amide bonds. The minimum atomic E-state index is -0.454. The highest BCUT2D eigenvalue weighted by atomic mass is 35.5. The van der Waals surface area contributed by atoms with Crippen molar-refractivity contribution in [1.82, 2.24) is 9.80 Å². The van der Waals surface area contributed by atoms with Gasteiger partial charge in [-0.25, -0.2) is 0 Å². The molecule has 1 heterocycles. The molecule has 0 fully saturated rings. The van der Waals surface area contributed by atoms with E-state index in [1.165, 1.54) is 4.90 Å². The number of hydrogen-bond donors (Lipinski definition) is 0. The molecule has 0 bridgehead atoms. The van der Waals surface area contributed by atoms with Crippen molar-refractivity contribution in [3.8, 4) is 0 Å². The van der Waals surface area contributed by atoms with Crippen LogP contribution >= 0.6 is 23.2 Å². The van der Waals surface area contributed by atoms with Gasteiger partial charge in [0.2, 0.25) is 5.91 Å². The van der Waals surface area contributed by atoms with E-state index in [1.807, 2.05) is 6.92 Å². The standard InChI is InChI=1S/C19H16Cl2N2O3/c1-11(13-8-7-12(20)9-16(13)21)22(2)17(24)10-23-18(25)14-5-3-4-6-15(14)19(23)26/h3-9,11H,10H2,1-2H3. The normalized spacial score (nSPS) is 14.4. The molecule has 0 aromatic heterocycles.